The number of carboxylic acids is 1. The molecule has 0 bridgehead atoms. The molecule has 0 fully saturated rings. The molecule has 0 unspecified atom stereocenters. The number of benzene rings is 1. The molecule has 108 valence electrons. The second-order valence-corrected chi connectivity index (χ2v) is 5.37. The zero-order chi connectivity index (χ0) is 14.8. The van der Waals surface area contributed by atoms with Crippen LogP contribution in [0.25, 0.3) is 0 Å². The Morgan fingerprint density at radius 1 is 1.05 bits per heavy atom. The number of aromatic carboxylic acids is 1. The summed E-state index contributed by atoms with van der Waals surface area (Å²) in [4.78, 5) is 23.3. The summed E-state index contributed by atoms with van der Waals surface area (Å²) in [6.07, 6.45) is 0. The van der Waals surface area contributed by atoms with Gasteiger partial charge in [-0.15, -0.1) is 11.3 Å². The van der Waals surface area contributed by atoms with Gasteiger partial charge in [-0.2, -0.15) is 0 Å². The highest BCUT2D eigenvalue weighted by molar-refractivity contribution is 7.15. The number of anilines is 1. The first-order valence-corrected chi connectivity index (χ1v) is 6.99. The maximum atomic E-state index is 12.1. The van der Waals surface area contributed by atoms with Gasteiger partial charge in [0, 0.05) is 11.8 Å². The van der Waals surface area contributed by atoms with Crippen molar-refractivity contribution < 1.29 is 24.2 Å². The quantitative estimate of drug-likeness (QED) is 0.910. The van der Waals surface area contributed by atoms with Crippen molar-refractivity contribution in [1.82, 2.24) is 0 Å². The van der Waals surface area contributed by atoms with Crippen molar-refractivity contribution in [1.29, 1.82) is 0 Å². The van der Waals surface area contributed by atoms with Crippen molar-refractivity contribution in [2.75, 3.05) is 18.5 Å². The van der Waals surface area contributed by atoms with E-state index in [4.69, 9.17) is 14.6 Å². The van der Waals surface area contributed by atoms with Crippen molar-refractivity contribution in [2.45, 2.75) is 0 Å². The number of thiophene rings is 1. The number of carbonyl (C=O) groups excluding carboxylic acids is 1. The Hall–Kier alpha value is -2.54. The van der Waals surface area contributed by atoms with Crippen LogP contribution in [0.1, 0.15) is 19.3 Å². The molecular weight excluding hydrogens is 294 g/mol. The Labute approximate surface area is 123 Å². The van der Waals surface area contributed by atoms with E-state index in [0.717, 1.165) is 11.3 Å². The highest BCUT2D eigenvalue weighted by Gasteiger charge is 2.15. The maximum Gasteiger partial charge on any atom is 0.345 e. The zero-order valence-electron chi connectivity index (χ0n) is 10.8. The fourth-order valence-electron chi connectivity index (χ4n) is 1.89. The highest BCUT2D eigenvalue weighted by atomic mass is 32.1. The molecule has 1 amide bonds. The van der Waals surface area contributed by atoms with Gasteiger partial charge in [0.05, 0.1) is 4.88 Å². The molecule has 1 aromatic carbocycles. The molecule has 7 heteroatoms. The van der Waals surface area contributed by atoms with Gasteiger partial charge >= 0.3 is 5.97 Å². The largest absolute Gasteiger partial charge is 0.486 e. The minimum absolute atomic E-state index is 0.127. The molecule has 3 rings (SSSR count). The van der Waals surface area contributed by atoms with Gasteiger partial charge in [-0.1, -0.05) is 0 Å². The number of fused-ring (bicyclic) bond motifs is 1. The standard InChI is InChI=1S/C14H11NO5S/c16-13(11-3-4-12(21-11)14(17)18)15-8-1-2-9-10(7-8)20-6-5-19-9/h1-4,7H,5-6H2,(H,15,16)(H,17,18). The van der Waals surface area contributed by atoms with Crippen LogP contribution in [0.15, 0.2) is 30.3 Å². The predicted molar refractivity (Wildman–Crippen MR) is 76.7 cm³/mol. The van der Waals surface area contributed by atoms with Crippen LogP contribution < -0.4 is 14.8 Å². The van der Waals surface area contributed by atoms with Gasteiger partial charge in [0.25, 0.3) is 5.91 Å². The van der Waals surface area contributed by atoms with E-state index in [9.17, 15) is 9.59 Å². The third-order valence-corrected chi connectivity index (χ3v) is 3.91. The Morgan fingerprint density at radius 2 is 1.76 bits per heavy atom. The topological polar surface area (TPSA) is 84.9 Å². The van der Waals surface area contributed by atoms with E-state index in [1.165, 1.54) is 12.1 Å². The molecule has 0 saturated heterocycles. The maximum absolute atomic E-state index is 12.1. The fourth-order valence-corrected chi connectivity index (χ4v) is 2.63. The number of rotatable bonds is 3. The minimum atomic E-state index is -1.04. The molecule has 0 saturated carbocycles. The van der Waals surface area contributed by atoms with Crippen LogP contribution in [0.3, 0.4) is 0 Å². The van der Waals surface area contributed by atoms with Crippen LogP contribution in [-0.4, -0.2) is 30.2 Å². The number of amides is 1. The fraction of sp³-hybridized carbons (Fsp3) is 0.143. The highest BCUT2D eigenvalue weighted by Crippen LogP contribution is 2.32. The predicted octanol–water partition coefficient (Wildman–Crippen LogP) is 2.47. The van der Waals surface area contributed by atoms with Gasteiger partial charge in [0.1, 0.15) is 18.1 Å². The molecule has 0 spiro atoms. The summed E-state index contributed by atoms with van der Waals surface area (Å²) in [5, 5.41) is 11.6. The summed E-state index contributed by atoms with van der Waals surface area (Å²) in [6.45, 7) is 0.975. The monoisotopic (exact) mass is 305 g/mol. The van der Waals surface area contributed by atoms with Crippen molar-refractivity contribution in [3.8, 4) is 11.5 Å². The summed E-state index contributed by atoms with van der Waals surface area (Å²) in [7, 11) is 0. The van der Waals surface area contributed by atoms with E-state index in [0.29, 0.717) is 35.3 Å². The Morgan fingerprint density at radius 3 is 2.48 bits per heavy atom. The first-order chi connectivity index (χ1) is 10.1. The van der Waals surface area contributed by atoms with E-state index in [2.05, 4.69) is 5.32 Å². The second kappa shape index (κ2) is 5.45. The molecule has 2 aromatic rings. The van der Waals surface area contributed by atoms with Gasteiger partial charge in [-0.3, -0.25) is 4.79 Å². The number of carbonyl (C=O) groups is 2. The first-order valence-electron chi connectivity index (χ1n) is 6.17. The van der Waals surface area contributed by atoms with Crippen molar-refractivity contribution >= 4 is 28.9 Å². The van der Waals surface area contributed by atoms with E-state index in [1.807, 2.05) is 0 Å². The van der Waals surface area contributed by atoms with Crippen LogP contribution in [0.2, 0.25) is 0 Å². The Bertz CT molecular complexity index is 709. The lowest BCUT2D eigenvalue weighted by molar-refractivity contribution is 0.0702. The molecule has 0 atom stereocenters. The van der Waals surface area contributed by atoms with Crippen LogP contribution in [0.4, 0.5) is 5.69 Å². The Balaban J connectivity index is 1.76. The molecular formula is C14H11NO5S. The summed E-state index contributed by atoms with van der Waals surface area (Å²) < 4.78 is 10.8. The smallest absolute Gasteiger partial charge is 0.345 e. The molecule has 2 N–H and O–H groups in total. The van der Waals surface area contributed by atoms with Crippen LogP contribution in [-0.2, 0) is 0 Å². The summed E-state index contributed by atoms with van der Waals surface area (Å²) in [5.41, 5.74) is 0.564. The lowest BCUT2D eigenvalue weighted by Gasteiger charge is -2.18. The molecule has 1 aromatic heterocycles. The molecule has 2 heterocycles. The number of nitrogens with one attached hydrogen (secondary N) is 1. The van der Waals surface area contributed by atoms with Crippen LogP contribution >= 0.6 is 11.3 Å². The lowest BCUT2D eigenvalue weighted by atomic mass is 10.2. The molecule has 0 radical (unpaired) electrons. The van der Waals surface area contributed by atoms with Gasteiger partial charge in [-0.05, 0) is 24.3 Å². The lowest BCUT2D eigenvalue weighted by Crippen LogP contribution is -2.16. The molecule has 6 nitrogen and oxygen atoms in total. The number of hydrogen-bond acceptors (Lipinski definition) is 5. The van der Waals surface area contributed by atoms with Gasteiger partial charge in [0.15, 0.2) is 11.5 Å². The van der Waals surface area contributed by atoms with Crippen LogP contribution in [0, 0.1) is 0 Å². The third-order valence-electron chi connectivity index (χ3n) is 2.84. The normalized spacial score (nSPS) is 12.8. The molecule has 21 heavy (non-hydrogen) atoms. The molecule has 1 aliphatic rings. The van der Waals surface area contributed by atoms with Crippen molar-refractivity contribution in [3.63, 3.8) is 0 Å². The number of carboxylic acid groups (broad SMARTS) is 1. The number of hydrogen-bond donors (Lipinski definition) is 2. The summed E-state index contributed by atoms with van der Waals surface area (Å²) in [5.74, 6) is -0.178. The minimum Gasteiger partial charge on any atom is -0.486 e. The van der Waals surface area contributed by atoms with E-state index in [-0.39, 0.29) is 10.8 Å². The zero-order valence-corrected chi connectivity index (χ0v) is 11.6. The molecule has 0 aliphatic carbocycles. The SMILES string of the molecule is O=C(O)c1ccc(C(=O)Nc2ccc3c(c2)OCCO3)s1. The van der Waals surface area contributed by atoms with E-state index < -0.39 is 5.97 Å². The average Bonchev–Trinajstić information content (AvgIpc) is 2.97. The van der Waals surface area contributed by atoms with Gasteiger partial charge in [-0.25, -0.2) is 4.79 Å². The van der Waals surface area contributed by atoms with E-state index >= 15 is 0 Å². The third kappa shape index (κ3) is 2.82. The second-order valence-electron chi connectivity index (χ2n) is 4.28. The average molecular weight is 305 g/mol. The van der Waals surface area contributed by atoms with Gasteiger partial charge < -0.3 is 19.9 Å². The van der Waals surface area contributed by atoms with Crippen molar-refractivity contribution in [3.05, 3.63) is 40.1 Å². The first kappa shape index (κ1) is 13.4. The van der Waals surface area contributed by atoms with Crippen LogP contribution in [0.5, 0.6) is 11.5 Å². The Kier molecular flexibility index (Phi) is 3.49. The summed E-state index contributed by atoms with van der Waals surface area (Å²) >= 11 is 0.930. The van der Waals surface area contributed by atoms with Crippen molar-refractivity contribution in [2.24, 2.45) is 0 Å². The molecule has 1 aliphatic heterocycles. The van der Waals surface area contributed by atoms with Gasteiger partial charge in [0.2, 0.25) is 0 Å². The summed E-state index contributed by atoms with van der Waals surface area (Å²) in [6, 6.07) is 8.00. The number of ether oxygens (including phenoxy) is 2. The van der Waals surface area contributed by atoms with E-state index in [1.54, 1.807) is 18.2 Å².